The Bertz CT molecular complexity index is 975. The highest BCUT2D eigenvalue weighted by atomic mass is 32.2. The van der Waals surface area contributed by atoms with Crippen LogP contribution in [0.15, 0.2) is 41.3 Å². The second-order valence-electron chi connectivity index (χ2n) is 6.73. The lowest BCUT2D eigenvalue weighted by molar-refractivity contribution is -0.384. The van der Waals surface area contributed by atoms with Crippen LogP contribution < -0.4 is 9.64 Å². The molecule has 2 aromatic carbocycles. The van der Waals surface area contributed by atoms with Gasteiger partial charge in [-0.05, 0) is 43.2 Å². The minimum absolute atomic E-state index is 0.0280. The first-order valence-corrected chi connectivity index (χ1v) is 10.3. The first-order valence-electron chi connectivity index (χ1n) is 8.89. The van der Waals surface area contributed by atoms with Gasteiger partial charge in [0.15, 0.2) is 0 Å². The molecule has 0 N–H and O–H groups in total. The summed E-state index contributed by atoms with van der Waals surface area (Å²) >= 11 is 0. The molecule has 0 saturated carbocycles. The predicted octanol–water partition coefficient (Wildman–Crippen LogP) is 2.73. The zero-order chi connectivity index (χ0) is 20.5. The highest BCUT2D eigenvalue weighted by Gasteiger charge is 2.31. The Morgan fingerprint density at radius 1 is 1.04 bits per heavy atom. The number of hydrogen-bond donors (Lipinski definition) is 0. The normalized spacial score (nSPS) is 15.5. The van der Waals surface area contributed by atoms with E-state index in [0.29, 0.717) is 24.5 Å². The van der Waals surface area contributed by atoms with Crippen molar-refractivity contribution < 1.29 is 18.1 Å². The van der Waals surface area contributed by atoms with Gasteiger partial charge < -0.3 is 9.64 Å². The first kappa shape index (κ1) is 20.1. The Morgan fingerprint density at radius 3 is 2.14 bits per heavy atom. The summed E-state index contributed by atoms with van der Waals surface area (Å²) in [5, 5.41) is 11.3. The summed E-state index contributed by atoms with van der Waals surface area (Å²) in [4.78, 5) is 12.9. The molecule has 0 radical (unpaired) electrons. The third-order valence-corrected chi connectivity index (χ3v) is 6.81. The fraction of sp³-hybridized carbons (Fsp3) is 0.368. The molecule has 0 unspecified atom stereocenters. The number of sulfonamides is 1. The van der Waals surface area contributed by atoms with E-state index >= 15 is 0 Å². The minimum Gasteiger partial charge on any atom is -0.496 e. The lowest BCUT2D eigenvalue weighted by Crippen LogP contribution is -2.48. The summed E-state index contributed by atoms with van der Waals surface area (Å²) in [6.45, 7) is 4.93. The Balaban J connectivity index is 1.81. The molecule has 0 spiro atoms. The topological polar surface area (TPSA) is 93.0 Å². The van der Waals surface area contributed by atoms with Crippen LogP contribution in [0.4, 0.5) is 11.4 Å². The summed E-state index contributed by atoms with van der Waals surface area (Å²) in [5.74, 6) is 0.681. The van der Waals surface area contributed by atoms with E-state index in [1.807, 2.05) is 18.7 Å². The van der Waals surface area contributed by atoms with E-state index in [2.05, 4.69) is 0 Å². The molecular weight excluding hydrogens is 382 g/mol. The molecule has 8 nitrogen and oxygen atoms in total. The molecule has 9 heteroatoms. The fourth-order valence-electron chi connectivity index (χ4n) is 3.59. The van der Waals surface area contributed by atoms with E-state index in [1.54, 1.807) is 37.4 Å². The van der Waals surface area contributed by atoms with Gasteiger partial charge >= 0.3 is 0 Å². The molecule has 0 atom stereocenters. The number of ether oxygens (including phenoxy) is 1. The van der Waals surface area contributed by atoms with Crippen molar-refractivity contribution >= 4 is 21.4 Å². The van der Waals surface area contributed by atoms with Crippen LogP contribution in [0.3, 0.4) is 0 Å². The molecule has 0 aromatic heterocycles. The molecule has 3 rings (SSSR count). The number of hydrogen-bond acceptors (Lipinski definition) is 6. The molecule has 1 aliphatic rings. The van der Waals surface area contributed by atoms with E-state index < -0.39 is 14.9 Å². The van der Waals surface area contributed by atoms with Gasteiger partial charge in [0.25, 0.3) is 5.69 Å². The van der Waals surface area contributed by atoms with Crippen molar-refractivity contribution in [1.29, 1.82) is 0 Å². The Labute approximate surface area is 164 Å². The molecule has 1 fully saturated rings. The number of para-hydroxylation sites is 2. The highest BCUT2D eigenvalue weighted by molar-refractivity contribution is 7.89. The third-order valence-electron chi connectivity index (χ3n) is 4.93. The van der Waals surface area contributed by atoms with Crippen LogP contribution in [0.5, 0.6) is 5.75 Å². The number of aryl methyl sites for hydroxylation is 2. The van der Waals surface area contributed by atoms with Crippen LogP contribution in [-0.2, 0) is 10.0 Å². The quantitative estimate of drug-likeness (QED) is 0.561. The van der Waals surface area contributed by atoms with Gasteiger partial charge in [-0.25, -0.2) is 8.42 Å². The van der Waals surface area contributed by atoms with Crippen molar-refractivity contribution in [3.8, 4) is 5.75 Å². The molecule has 150 valence electrons. The van der Waals surface area contributed by atoms with Gasteiger partial charge in [-0.15, -0.1) is 0 Å². The molecule has 0 aliphatic carbocycles. The maximum absolute atomic E-state index is 13.1. The van der Waals surface area contributed by atoms with Gasteiger partial charge in [0.2, 0.25) is 10.0 Å². The van der Waals surface area contributed by atoms with Gasteiger partial charge in [-0.1, -0.05) is 12.1 Å². The van der Waals surface area contributed by atoms with Crippen LogP contribution in [-0.4, -0.2) is 50.9 Å². The van der Waals surface area contributed by atoms with Crippen LogP contribution in [0.1, 0.15) is 11.1 Å². The number of methoxy groups -OCH3 is 1. The number of nitrogens with zero attached hydrogens (tertiary/aromatic N) is 3. The summed E-state index contributed by atoms with van der Waals surface area (Å²) in [5.41, 5.74) is 2.07. The van der Waals surface area contributed by atoms with Crippen molar-refractivity contribution in [2.45, 2.75) is 18.7 Å². The molecule has 1 saturated heterocycles. The molecular formula is C19H23N3O5S. The SMILES string of the molecule is COc1c(C)cc(S(=O)(=O)N2CCN(c3ccccc3[N+](=O)[O-])CC2)cc1C. The van der Waals surface area contributed by atoms with E-state index in [9.17, 15) is 18.5 Å². The summed E-state index contributed by atoms with van der Waals surface area (Å²) < 4.78 is 32.9. The maximum atomic E-state index is 13.1. The Hall–Kier alpha value is -2.65. The van der Waals surface area contributed by atoms with Crippen molar-refractivity contribution in [2.75, 3.05) is 38.2 Å². The van der Waals surface area contributed by atoms with E-state index in [-0.39, 0.29) is 23.7 Å². The summed E-state index contributed by atoms with van der Waals surface area (Å²) in [6.07, 6.45) is 0. The molecule has 2 aromatic rings. The number of anilines is 1. The largest absolute Gasteiger partial charge is 0.496 e. The second-order valence-corrected chi connectivity index (χ2v) is 8.67. The minimum atomic E-state index is -3.65. The number of nitro benzene ring substituents is 1. The first-order chi connectivity index (χ1) is 13.3. The van der Waals surface area contributed by atoms with Crippen LogP contribution in [0, 0.1) is 24.0 Å². The number of rotatable bonds is 5. The van der Waals surface area contributed by atoms with Gasteiger partial charge in [0, 0.05) is 32.2 Å². The summed E-state index contributed by atoms with van der Waals surface area (Å²) in [6, 6.07) is 9.76. The monoisotopic (exact) mass is 405 g/mol. The van der Waals surface area contributed by atoms with Crippen LogP contribution in [0.2, 0.25) is 0 Å². The van der Waals surface area contributed by atoms with Crippen molar-refractivity contribution in [3.05, 3.63) is 57.6 Å². The zero-order valence-corrected chi connectivity index (χ0v) is 16.9. The predicted molar refractivity (Wildman–Crippen MR) is 107 cm³/mol. The van der Waals surface area contributed by atoms with Gasteiger partial charge in [0.05, 0.1) is 16.9 Å². The molecule has 28 heavy (non-hydrogen) atoms. The summed E-state index contributed by atoms with van der Waals surface area (Å²) in [7, 11) is -2.09. The van der Waals surface area contributed by atoms with Crippen molar-refractivity contribution in [2.24, 2.45) is 0 Å². The Morgan fingerprint density at radius 2 is 1.61 bits per heavy atom. The zero-order valence-electron chi connectivity index (χ0n) is 16.1. The molecule has 1 aliphatic heterocycles. The molecule has 0 amide bonds. The highest BCUT2D eigenvalue weighted by Crippen LogP contribution is 2.31. The Kier molecular flexibility index (Phi) is 5.57. The van der Waals surface area contributed by atoms with E-state index in [0.717, 1.165) is 11.1 Å². The average molecular weight is 405 g/mol. The lowest BCUT2D eigenvalue weighted by atomic mass is 10.1. The molecule has 1 heterocycles. The van der Waals surface area contributed by atoms with Gasteiger partial charge in [-0.3, -0.25) is 10.1 Å². The molecule has 0 bridgehead atoms. The smallest absolute Gasteiger partial charge is 0.292 e. The van der Waals surface area contributed by atoms with Crippen LogP contribution in [0.25, 0.3) is 0 Å². The average Bonchev–Trinajstić information content (AvgIpc) is 2.67. The van der Waals surface area contributed by atoms with Gasteiger partial charge in [0.1, 0.15) is 11.4 Å². The van der Waals surface area contributed by atoms with Crippen molar-refractivity contribution in [1.82, 2.24) is 4.31 Å². The second kappa shape index (κ2) is 7.76. The number of piperazine rings is 1. The van der Waals surface area contributed by atoms with Crippen LogP contribution >= 0.6 is 0 Å². The fourth-order valence-corrected chi connectivity index (χ4v) is 5.18. The van der Waals surface area contributed by atoms with E-state index in [4.69, 9.17) is 4.74 Å². The maximum Gasteiger partial charge on any atom is 0.292 e. The lowest BCUT2D eigenvalue weighted by Gasteiger charge is -2.35. The van der Waals surface area contributed by atoms with Crippen molar-refractivity contribution in [3.63, 3.8) is 0 Å². The van der Waals surface area contributed by atoms with Gasteiger partial charge in [-0.2, -0.15) is 4.31 Å². The standard InChI is InChI=1S/C19H23N3O5S/c1-14-12-16(13-15(2)19(14)27-3)28(25,26)21-10-8-20(9-11-21)17-6-4-5-7-18(17)22(23)24/h4-7,12-13H,8-11H2,1-3H3. The van der Waals surface area contributed by atoms with E-state index in [1.165, 1.54) is 10.4 Å². The third kappa shape index (κ3) is 3.67. The number of benzene rings is 2. The number of nitro groups is 1.